The third kappa shape index (κ3) is 3.63. The summed E-state index contributed by atoms with van der Waals surface area (Å²) in [5.41, 5.74) is 0. The molecule has 0 unspecified atom stereocenters. The third-order valence-electron chi connectivity index (χ3n) is 0.302. The summed E-state index contributed by atoms with van der Waals surface area (Å²) < 4.78 is 0. The summed E-state index contributed by atoms with van der Waals surface area (Å²) >= 11 is 0. The monoisotopic (exact) mass is 73.1 g/mol. The van der Waals surface area contributed by atoms with Gasteiger partial charge in [0.05, 0.1) is 0 Å². The molecule has 0 radical (unpaired) electrons. The minimum absolute atomic E-state index is 0.778. The quantitative estimate of drug-likeness (QED) is 0.285. The summed E-state index contributed by atoms with van der Waals surface area (Å²) in [6.07, 6.45) is 0. The van der Waals surface area contributed by atoms with Crippen molar-refractivity contribution in [3.63, 3.8) is 0 Å². The van der Waals surface area contributed by atoms with Gasteiger partial charge < -0.3 is 0 Å². The molecule has 0 amide bonds. The summed E-state index contributed by atoms with van der Waals surface area (Å²) in [4.78, 5) is 2.66. The van der Waals surface area contributed by atoms with Crippen molar-refractivity contribution >= 4 is 6.72 Å². The zero-order valence-corrected chi connectivity index (χ0v) is 3.41. The lowest BCUT2D eigenvalue weighted by atomic mass is 11.1. The highest BCUT2D eigenvalue weighted by Crippen LogP contribution is 1.11. The predicted molar refractivity (Wildman–Crippen MR) is 22.0 cm³/mol. The highest BCUT2D eigenvalue weighted by Gasteiger charge is 1.63. The summed E-state index contributed by atoms with van der Waals surface area (Å²) in [6, 6.07) is 0. The Morgan fingerprint density at radius 3 is 2.60 bits per heavy atom. The van der Waals surface area contributed by atoms with Gasteiger partial charge in [0, 0.05) is 0 Å². The summed E-state index contributed by atoms with van der Waals surface area (Å²) in [5.74, 6) is 0. The molecule has 0 aliphatic heterocycles. The fraction of sp³-hybridized carbons (Fsp3) is 0.667. The predicted octanol–water partition coefficient (Wildman–Crippen LogP) is -2.06. The van der Waals surface area contributed by atoms with Crippen molar-refractivity contribution in [2.75, 3.05) is 13.7 Å². The maximum atomic E-state index is 3.36. The van der Waals surface area contributed by atoms with Gasteiger partial charge in [0.2, 0.25) is 0 Å². The van der Waals surface area contributed by atoms with Crippen LogP contribution in [0.2, 0.25) is 0 Å². The van der Waals surface area contributed by atoms with E-state index in [1.807, 2.05) is 7.05 Å². The Labute approximate surface area is 31.9 Å². The average molecular weight is 73.1 g/mol. The van der Waals surface area contributed by atoms with Crippen molar-refractivity contribution in [3.8, 4) is 0 Å². The summed E-state index contributed by atoms with van der Waals surface area (Å²) in [6.45, 7) is 4.14. The van der Waals surface area contributed by atoms with Gasteiger partial charge in [-0.15, -0.1) is 0 Å². The lowest BCUT2D eigenvalue weighted by molar-refractivity contribution is -0.452. The van der Waals surface area contributed by atoms with Crippen molar-refractivity contribution in [2.24, 2.45) is 0 Å². The highest BCUT2D eigenvalue weighted by atomic mass is 15.0. The fourth-order valence-corrected chi connectivity index (χ4v) is 0.125. The molecule has 0 spiro atoms. The van der Waals surface area contributed by atoms with Crippen molar-refractivity contribution in [1.29, 1.82) is 0 Å². The first-order valence-electron chi connectivity index (χ1n) is 1.56. The summed E-state index contributed by atoms with van der Waals surface area (Å²) in [5, 5.41) is 2.84. The Kier molecular flexibility index (Phi) is 3.36. The van der Waals surface area contributed by atoms with Gasteiger partial charge in [-0.05, 0) is 7.05 Å². The van der Waals surface area contributed by atoms with E-state index in [-0.39, 0.29) is 0 Å². The molecule has 0 bridgehead atoms. The first-order chi connectivity index (χ1) is 2.41. The molecular formula is C3H9N2+. The third-order valence-corrected chi connectivity index (χ3v) is 0.302. The molecule has 30 valence electrons. The lowest BCUT2D eigenvalue weighted by Crippen LogP contribution is -2.69. The van der Waals surface area contributed by atoms with Crippen LogP contribution < -0.4 is 10.3 Å². The molecule has 0 saturated carbocycles. The van der Waals surface area contributed by atoms with E-state index in [1.165, 1.54) is 0 Å². The first-order valence-corrected chi connectivity index (χ1v) is 1.56. The highest BCUT2D eigenvalue weighted by molar-refractivity contribution is 5.12. The van der Waals surface area contributed by atoms with E-state index in [2.05, 4.69) is 17.0 Å². The Bertz CT molecular complexity index is 26.1. The summed E-state index contributed by atoms with van der Waals surface area (Å²) in [7, 11) is 1.86. The minimum Gasteiger partial charge on any atom is -0.265 e. The first kappa shape index (κ1) is 4.63. The molecule has 0 aromatic rings. The van der Waals surface area contributed by atoms with Crippen molar-refractivity contribution in [3.05, 3.63) is 0 Å². The Morgan fingerprint density at radius 2 is 2.60 bits per heavy atom. The van der Waals surface area contributed by atoms with E-state index in [0.29, 0.717) is 0 Å². The molecule has 0 heterocycles. The Morgan fingerprint density at radius 1 is 2.00 bits per heavy atom. The molecule has 0 aromatic carbocycles. The number of rotatable bonds is 2. The molecule has 0 aliphatic carbocycles. The molecule has 0 fully saturated rings. The van der Waals surface area contributed by atoms with E-state index in [1.54, 1.807) is 0 Å². The lowest BCUT2D eigenvalue weighted by Gasteiger charge is -1.74. The van der Waals surface area contributed by atoms with Gasteiger partial charge in [-0.25, -0.2) is 4.99 Å². The van der Waals surface area contributed by atoms with Gasteiger partial charge in [0.15, 0.2) is 6.67 Å². The van der Waals surface area contributed by atoms with Crippen LogP contribution >= 0.6 is 0 Å². The molecule has 0 rings (SSSR count). The van der Waals surface area contributed by atoms with Gasteiger partial charge in [-0.3, -0.25) is 5.32 Å². The fourth-order valence-electron chi connectivity index (χ4n) is 0.125. The van der Waals surface area contributed by atoms with Crippen molar-refractivity contribution in [1.82, 2.24) is 5.32 Å². The SMILES string of the molecule is C=[NH+]CNC. The molecule has 5 heavy (non-hydrogen) atoms. The maximum absolute atomic E-state index is 3.36. The Hall–Kier alpha value is -0.370. The van der Waals surface area contributed by atoms with Crippen LogP contribution in [-0.4, -0.2) is 20.4 Å². The van der Waals surface area contributed by atoms with Crippen LogP contribution in [0.1, 0.15) is 0 Å². The van der Waals surface area contributed by atoms with E-state index < -0.39 is 0 Å². The second kappa shape index (κ2) is 3.63. The Balaban J connectivity index is 2.40. The normalized spacial score (nSPS) is 7.40. The molecule has 2 heteroatoms. The van der Waals surface area contributed by atoms with Crippen LogP contribution in [0.5, 0.6) is 0 Å². The molecule has 2 N–H and O–H groups in total. The number of hydrogen-bond acceptors (Lipinski definition) is 1. The van der Waals surface area contributed by atoms with E-state index >= 15 is 0 Å². The minimum atomic E-state index is 0.778. The molecule has 0 aromatic heterocycles. The molecule has 0 atom stereocenters. The van der Waals surface area contributed by atoms with Crippen LogP contribution in [0, 0.1) is 0 Å². The molecule has 0 aliphatic rings. The number of nitrogens with one attached hydrogen (secondary N) is 2. The maximum Gasteiger partial charge on any atom is 0.194 e. The zero-order valence-electron chi connectivity index (χ0n) is 3.41. The largest absolute Gasteiger partial charge is 0.265 e. The van der Waals surface area contributed by atoms with Gasteiger partial charge in [-0.1, -0.05) is 0 Å². The van der Waals surface area contributed by atoms with Crippen LogP contribution in [0.3, 0.4) is 0 Å². The second-order valence-electron chi connectivity index (χ2n) is 0.780. The van der Waals surface area contributed by atoms with Crippen LogP contribution in [0.15, 0.2) is 0 Å². The van der Waals surface area contributed by atoms with Gasteiger partial charge >= 0.3 is 0 Å². The zero-order chi connectivity index (χ0) is 4.12. The average Bonchev–Trinajstić information content (AvgIpc) is 1.41. The van der Waals surface area contributed by atoms with Crippen molar-refractivity contribution in [2.45, 2.75) is 0 Å². The molecule has 2 nitrogen and oxygen atoms in total. The van der Waals surface area contributed by atoms with Gasteiger partial charge in [0.1, 0.15) is 6.72 Å². The smallest absolute Gasteiger partial charge is 0.194 e. The molecular weight excluding hydrogens is 64.0 g/mol. The van der Waals surface area contributed by atoms with Crippen LogP contribution in [-0.2, 0) is 0 Å². The van der Waals surface area contributed by atoms with Gasteiger partial charge in [-0.2, -0.15) is 0 Å². The van der Waals surface area contributed by atoms with E-state index in [0.717, 1.165) is 6.67 Å². The topological polar surface area (TPSA) is 26.0 Å². The van der Waals surface area contributed by atoms with E-state index in [4.69, 9.17) is 0 Å². The van der Waals surface area contributed by atoms with Crippen molar-refractivity contribution < 1.29 is 4.99 Å². The second-order valence-corrected chi connectivity index (χ2v) is 0.780. The van der Waals surface area contributed by atoms with Gasteiger partial charge in [0.25, 0.3) is 0 Å². The number of hydrogen-bond donors (Lipinski definition) is 2. The van der Waals surface area contributed by atoms with Crippen LogP contribution in [0.25, 0.3) is 0 Å². The van der Waals surface area contributed by atoms with Crippen LogP contribution in [0.4, 0.5) is 0 Å². The van der Waals surface area contributed by atoms with E-state index in [9.17, 15) is 0 Å². The standard InChI is InChI=1S/C3H8N2/c1-4-3-5-2/h5H,1,3H2,2H3/p+1. The molecule has 0 saturated heterocycles.